The molecule has 2 amide bonds. The van der Waals surface area contributed by atoms with Gasteiger partial charge in [-0.2, -0.15) is 13.2 Å². The van der Waals surface area contributed by atoms with Crippen molar-refractivity contribution >= 4 is 23.2 Å². The molecule has 150 valence electrons. The van der Waals surface area contributed by atoms with Crippen LogP contribution in [0.25, 0.3) is 10.6 Å². The lowest BCUT2D eigenvalue weighted by molar-refractivity contribution is -0.137. The Bertz CT molecular complexity index is 1000. The fourth-order valence-corrected chi connectivity index (χ4v) is 3.25. The summed E-state index contributed by atoms with van der Waals surface area (Å²) in [5.74, 6) is -0.940. The number of halogens is 3. The standard InChI is InChI=1S/C20H16F3N3O2S/c21-20(22,23)15-8-4-7-14(9-15)19-26-16(12-29-19)18(28)25-11-17(27)24-10-13-5-2-1-3-6-13/h1-9,12H,10-11H2,(H,24,27)(H,25,28). The molecule has 29 heavy (non-hydrogen) atoms. The minimum atomic E-state index is -4.46. The van der Waals surface area contributed by atoms with Gasteiger partial charge >= 0.3 is 6.18 Å². The smallest absolute Gasteiger partial charge is 0.350 e. The van der Waals surface area contributed by atoms with E-state index in [2.05, 4.69) is 15.6 Å². The number of nitrogens with zero attached hydrogens (tertiary/aromatic N) is 1. The van der Waals surface area contributed by atoms with Crippen molar-refractivity contribution in [2.24, 2.45) is 0 Å². The van der Waals surface area contributed by atoms with Gasteiger partial charge in [0.05, 0.1) is 12.1 Å². The van der Waals surface area contributed by atoms with E-state index < -0.39 is 17.6 Å². The first-order chi connectivity index (χ1) is 13.8. The van der Waals surface area contributed by atoms with Gasteiger partial charge in [0.15, 0.2) is 0 Å². The number of carbonyl (C=O) groups excluding carboxylic acids is 2. The largest absolute Gasteiger partial charge is 0.416 e. The number of amides is 2. The van der Waals surface area contributed by atoms with Gasteiger partial charge in [-0.1, -0.05) is 42.5 Å². The number of hydrogen-bond acceptors (Lipinski definition) is 4. The van der Waals surface area contributed by atoms with Crippen LogP contribution in [0.3, 0.4) is 0 Å². The van der Waals surface area contributed by atoms with Crippen LogP contribution in [0.5, 0.6) is 0 Å². The van der Waals surface area contributed by atoms with Crippen molar-refractivity contribution < 1.29 is 22.8 Å². The van der Waals surface area contributed by atoms with Crippen LogP contribution in [0.2, 0.25) is 0 Å². The van der Waals surface area contributed by atoms with E-state index in [1.54, 1.807) is 0 Å². The molecule has 0 unspecified atom stereocenters. The molecular formula is C20H16F3N3O2S. The SMILES string of the molecule is O=C(CNC(=O)c1csc(-c2cccc(C(F)(F)F)c2)n1)NCc1ccccc1. The summed E-state index contributed by atoms with van der Waals surface area (Å²) < 4.78 is 38.5. The number of aromatic nitrogens is 1. The van der Waals surface area contributed by atoms with Gasteiger partial charge in [0, 0.05) is 17.5 Å². The lowest BCUT2D eigenvalue weighted by Crippen LogP contribution is -2.36. The average Bonchev–Trinajstić information content (AvgIpc) is 3.21. The van der Waals surface area contributed by atoms with Crippen molar-refractivity contribution in [3.8, 4) is 10.6 Å². The fourth-order valence-electron chi connectivity index (χ4n) is 2.45. The highest BCUT2D eigenvalue weighted by Gasteiger charge is 2.30. The highest BCUT2D eigenvalue weighted by molar-refractivity contribution is 7.13. The molecule has 2 aromatic carbocycles. The molecule has 0 spiro atoms. The predicted molar refractivity (Wildman–Crippen MR) is 103 cm³/mol. The lowest BCUT2D eigenvalue weighted by atomic mass is 10.1. The number of hydrogen-bond donors (Lipinski definition) is 2. The number of benzene rings is 2. The number of thiazole rings is 1. The summed E-state index contributed by atoms with van der Waals surface area (Å²) in [6.45, 7) is 0.105. The van der Waals surface area contributed by atoms with Crippen LogP contribution >= 0.6 is 11.3 Å². The van der Waals surface area contributed by atoms with Gasteiger partial charge in [-0.15, -0.1) is 11.3 Å². The Balaban J connectivity index is 1.56. The van der Waals surface area contributed by atoms with Gasteiger partial charge in [-0.05, 0) is 17.7 Å². The lowest BCUT2D eigenvalue weighted by Gasteiger charge is -2.07. The summed E-state index contributed by atoms with van der Waals surface area (Å²) in [4.78, 5) is 28.1. The highest BCUT2D eigenvalue weighted by atomic mass is 32.1. The molecule has 0 radical (unpaired) electrons. The van der Waals surface area contributed by atoms with E-state index in [0.717, 1.165) is 29.0 Å². The van der Waals surface area contributed by atoms with E-state index in [1.165, 1.54) is 17.5 Å². The molecule has 2 N–H and O–H groups in total. The zero-order chi connectivity index (χ0) is 20.9. The molecule has 3 aromatic rings. The summed E-state index contributed by atoms with van der Waals surface area (Å²) >= 11 is 1.05. The number of nitrogens with one attached hydrogen (secondary N) is 2. The zero-order valence-electron chi connectivity index (χ0n) is 15.0. The Morgan fingerprint density at radius 2 is 1.76 bits per heavy atom. The summed E-state index contributed by atoms with van der Waals surface area (Å²) in [7, 11) is 0. The number of rotatable bonds is 6. The summed E-state index contributed by atoms with van der Waals surface area (Å²) in [6.07, 6.45) is -4.46. The fraction of sp³-hybridized carbons (Fsp3) is 0.150. The molecular weight excluding hydrogens is 403 g/mol. The molecule has 0 saturated carbocycles. The third-order valence-electron chi connectivity index (χ3n) is 3.92. The Morgan fingerprint density at radius 3 is 2.48 bits per heavy atom. The maximum Gasteiger partial charge on any atom is 0.416 e. The molecule has 0 fully saturated rings. The van der Waals surface area contributed by atoms with E-state index in [0.29, 0.717) is 6.54 Å². The van der Waals surface area contributed by atoms with Crippen LogP contribution in [0.1, 0.15) is 21.6 Å². The monoisotopic (exact) mass is 419 g/mol. The van der Waals surface area contributed by atoms with Gasteiger partial charge in [0.2, 0.25) is 5.91 Å². The van der Waals surface area contributed by atoms with Crippen molar-refractivity contribution in [2.75, 3.05) is 6.54 Å². The normalized spacial score (nSPS) is 11.1. The van der Waals surface area contributed by atoms with Gasteiger partial charge in [-0.25, -0.2) is 4.98 Å². The second-order valence-corrected chi connectivity index (χ2v) is 6.92. The van der Waals surface area contributed by atoms with Crippen LogP contribution in [-0.4, -0.2) is 23.3 Å². The van der Waals surface area contributed by atoms with Gasteiger partial charge in [0.1, 0.15) is 10.7 Å². The quantitative estimate of drug-likeness (QED) is 0.637. The van der Waals surface area contributed by atoms with Gasteiger partial charge in [0.25, 0.3) is 5.91 Å². The second-order valence-electron chi connectivity index (χ2n) is 6.06. The van der Waals surface area contributed by atoms with Crippen LogP contribution < -0.4 is 10.6 Å². The van der Waals surface area contributed by atoms with Crippen LogP contribution in [0, 0.1) is 0 Å². The molecule has 9 heteroatoms. The van der Waals surface area contributed by atoms with E-state index >= 15 is 0 Å². The summed E-state index contributed by atoms with van der Waals surface area (Å²) in [6, 6.07) is 14.0. The first kappa shape index (κ1) is 20.5. The molecule has 0 aliphatic carbocycles. The highest BCUT2D eigenvalue weighted by Crippen LogP contribution is 2.33. The van der Waals surface area contributed by atoms with Gasteiger partial charge < -0.3 is 10.6 Å². The maximum atomic E-state index is 12.8. The second kappa shape index (κ2) is 8.87. The van der Waals surface area contributed by atoms with Crippen LogP contribution in [0.15, 0.2) is 60.0 Å². The van der Waals surface area contributed by atoms with E-state index in [1.807, 2.05) is 30.3 Å². The first-order valence-corrected chi connectivity index (χ1v) is 9.43. The van der Waals surface area contributed by atoms with Crippen LogP contribution in [-0.2, 0) is 17.5 Å². The van der Waals surface area contributed by atoms with E-state index in [4.69, 9.17) is 0 Å². The summed E-state index contributed by atoms with van der Waals surface area (Å²) in [5.41, 5.74) is 0.450. The number of alkyl halides is 3. The predicted octanol–water partition coefficient (Wildman–Crippen LogP) is 3.88. The Kier molecular flexibility index (Phi) is 6.28. The first-order valence-electron chi connectivity index (χ1n) is 8.55. The average molecular weight is 419 g/mol. The summed E-state index contributed by atoms with van der Waals surface area (Å²) in [5, 5.41) is 6.85. The molecule has 3 rings (SSSR count). The van der Waals surface area contributed by atoms with Crippen molar-refractivity contribution in [3.05, 3.63) is 76.8 Å². The molecule has 1 heterocycles. The molecule has 0 saturated heterocycles. The molecule has 5 nitrogen and oxygen atoms in total. The van der Waals surface area contributed by atoms with Gasteiger partial charge in [-0.3, -0.25) is 9.59 Å². The minimum absolute atomic E-state index is 0.0401. The van der Waals surface area contributed by atoms with Crippen molar-refractivity contribution in [1.29, 1.82) is 0 Å². The minimum Gasteiger partial charge on any atom is -0.350 e. The molecule has 0 aliphatic heterocycles. The molecule has 0 bridgehead atoms. The Labute approximate surface area is 168 Å². The molecule has 0 atom stereocenters. The van der Waals surface area contributed by atoms with E-state index in [9.17, 15) is 22.8 Å². The maximum absolute atomic E-state index is 12.8. The third kappa shape index (κ3) is 5.64. The van der Waals surface area contributed by atoms with E-state index in [-0.39, 0.29) is 28.7 Å². The molecule has 1 aromatic heterocycles. The van der Waals surface area contributed by atoms with Crippen molar-refractivity contribution in [3.63, 3.8) is 0 Å². The zero-order valence-corrected chi connectivity index (χ0v) is 15.8. The van der Waals surface area contributed by atoms with Crippen LogP contribution in [0.4, 0.5) is 13.2 Å². The molecule has 0 aliphatic rings. The topological polar surface area (TPSA) is 71.1 Å². The number of carbonyl (C=O) groups is 2. The Hall–Kier alpha value is -3.20. The van der Waals surface area contributed by atoms with Crippen molar-refractivity contribution in [2.45, 2.75) is 12.7 Å². The third-order valence-corrected chi connectivity index (χ3v) is 4.81. The van der Waals surface area contributed by atoms with Crippen molar-refractivity contribution in [1.82, 2.24) is 15.6 Å². The Morgan fingerprint density at radius 1 is 1.00 bits per heavy atom.